The Labute approximate surface area is 447 Å². The maximum atomic E-state index is 2.61. The van der Waals surface area contributed by atoms with Gasteiger partial charge in [-0.25, -0.2) is 0 Å². The average molecular weight is 973 g/mol. The molecule has 9 aromatic carbocycles. The van der Waals surface area contributed by atoms with E-state index in [9.17, 15) is 0 Å². The van der Waals surface area contributed by atoms with Crippen LogP contribution >= 0.6 is 0 Å². The molecular formula is C72H69BN2. The van der Waals surface area contributed by atoms with Gasteiger partial charge < -0.3 is 9.80 Å². The monoisotopic (exact) mass is 973 g/mol. The van der Waals surface area contributed by atoms with Gasteiger partial charge in [-0.05, 0) is 165 Å². The zero-order valence-corrected chi connectivity index (χ0v) is 46.3. The van der Waals surface area contributed by atoms with E-state index in [0.717, 1.165) is 11.4 Å². The van der Waals surface area contributed by atoms with Gasteiger partial charge in [-0.2, -0.15) is 0 Å². The Bertz CT molecular complexity index is 3830. The minimum atomic E-state index is -0.133. The van der Waals surface area contributed by atoms with Gasteiger partial charge in [0.15, 0.2) is 0 Å². The van der Waals surface area contributed by atoms with E-state index < -0.39 is 0 Å². The van der Waals surface area contributed by atoms with Crippen molar-refractivity contribution in [3.05, 3.63) is 221 Å². The molecule has 2 aliphatic heterocycles. The number of benzene rings is 9. The predicted octanol–water partition coefficient (Wildman–Crippen LogP) is 17.6. The van der Waals surface area contributed by atoms with Gasteiger partial charge in [0.25, 0.3) is 6.71 Å². The van der Waals surface area contributed by atoms with Crippen molar-refractivity contribution in [1.82, 2.24) is 0 Å². The van der Waals surface area contributed by atoms with E-state index in [1.165, 1.54) is 123 Å². The van der Waals surface area contributed by atoms with E-state index in [4.69, 9.17) is 0 Å². The van der Waals surface area contributed by atoms with Crippen molar-refractivity contribution in [3.63, 3.8) is 0 Å². The Kier molecular flexibility index (Phi) is 10.2. The van der Waals surface area contributed by atoms with Crippen LogP contribution in [-0.4, -0.2) is 6.71 Å². The molecule has 2 nitrogen and oxygen atoms in total. The topological polar surface area (TPSA) is 6.48 Å². The lowest BCUT2D eigenvalue weighted by atomic mass is 9.33. The van der Waals surface area contributed by atoms with Crippen LogP contribution in [0.15, 0.2) is 182 Å². The van der Waals surface area contributed by atoms with Gasteiger partial charge in [0.05, 0.1) is 0 Å². The number of hydrogen-bond acceptors (Lipinski definition) is 2. The standard InChI is InChI=1S/C72H69BN2/c1-68(2,3)46-33-39-61-60(40-46)73-59-38-32-47(69(4,5)6)41-62(59)75(50-36-30-45(31-37-50)52-23-19-27-58-66(52)54-21-15-17-25-56(54)72(58,12)13)64-43-48(70(7,8)9)42-63(67(64)73)74(61)49-34-28-44(29-35-49)51-22-18-26-57-65(51)53-20-14-16-24-55(53)71(57,10)11/h14-43H,1-13H3. The van der Waals surface area contributed by atoms with Gasteiger partial charge >= 0.3 is 0 Å². The third-order valence-corrected chi connectivity index (χ3v) is 17.8. The molecule has 0 spiro atoms. The lowest BCUT2D eigenvalue weighted by molar-refractivity contribution is 0.589. The summed E-state index contributed by atoms with van der Waals surface area (Å²) in [7, 11) is 0. The normalized spacial score (nSPS) is 15.4. The highest BCUT2D eigenvalue weighted by Gasteiger charge is 2.45. The molecule has 0 aromatic heterocycles. The van der Waals surface area contributed by atoms with Crippen molar-refractivity contribution < 1.29 is 0 Å². The summed E-state index contributed by atoms with van der Waals surface area (Å²) in [5, 5.41) is 0. The van der Waals surface area contributed by atoms with Gasteiger partial charge in [-0.3, -0.25) is 0 Å². The molecule has 0 atom stereocenters. The van der Waals surface area contributed by atoms with Gasteiger partial charge in [0.1, 0.15) is 0 Å². The molecule has 0 radical (unpaired) electrons. The summed E-state index contributed by atoms with van der Waals surface area (Å²) in [6.07, 6.45) is 0. The lowest BCUT2D eigenvalue weighted by Crippen LogP contribution is -2.61. The molecule has 0 N–H and O–H groups in total. The lowest BCUT2D eigenvalue weighted by Gasteiger charge is -2.45. The number of anilines is 6. The first-order valence-electron chi connectivity index (χ1n) is 27.4. The Morgan fingerprint density at radius 3 is 1.21 bits per heavy atom. The largest absolute Gasteiger partial charge is 0.311 e. The number of rotatable bonds is 4. The summed E-state index contributed by atoms with van der Waals surface area (Å²) in [6, 6.07) is 70.6. The Morgan fingerprint density at radius 2 is 0.733 bits per heavy atom. The fraction of sp³-hybridized carbons (Fsp3) is 0.250. The molecule has 9 aromatic rings. The van der Waals surface area contributed by atoms with E-state index in [0.29, 0.717) is 0 Å². The van der Waals surface area contributed by atoms with Crippen LogP contribution in [0.4, 0.5) is 34.1 Å². The van der Waals surface area contributed by atoms with Crippen molar-refractivity contribution in [2.75, 3.05) is 9.80 Å². The predicted molar refractivity (Wildman–Crippen MR) is 323 cm³/mol. The maximum absolute atomic E-state index is 2.61. The summed E-state index contributed by atoms with van der Waals surface area (Å²) in [6.45, 7) is 30.7. The summed E-state index contributed by atoms with van der Waals surface area (Å²) < 4.78 is 0. The van der Waals surface area contributed by atoms with Crippen LogP contribution in [0.5, 0.6) is 0 Å². The number of hydrogen-bond donors (Lipinski definition) is 0. The number of nitrogens with zero attached hydrogens (tertiary/aromatic N) is 2. The molecule has 0 amide bonds. The third kappa shape index (κ3) is 7.06. The molecule has 0 bridgehead atoms. The highest BCUT2D eigenvalue weighted by atomic mass is 15.2. The molecule has 4 aliphatic rings. The third-order valence-electron chi connectivity index (χ3n) is 17.8. The quantitative estimate of drug-likeness (QED) is 0.162. The number of fused-ring (bicyclic) bond motifs is 10. The molecule has 0 unspecified atom stereocenters. The van der Waals surface area contributed by atoms with E-state index >= 15 is 0 Å². The van der Waals surface area contributed by atoms with Gasteiger partial charge in [0, 0.05) is 45.0 Å². The Hall–Kier alpha value is -7.36. The molecule has 370 valence electrons. The van der Waals surface area contributed by atoms with Gasteiger partial charge in [-0.1, -0.05) is 223 Å². The van der Waals surface area contributed by atoms with Crippen LogP contribution in [-0.2, 0) is 27.1 Å². The van der Waals surface area contributed by atoms with E-state index in [-0.39, 0.29) is 33.8 Å². The fourth-order valence-electron chi connectivity index (χ4n) is 13.5. The van der Waals surface area contributed by atoms with E-state index in [1.807, 2.05) is 0 Å². The van der Waals surface area contributed by atoms with Crippen molar-refractivity contribution in [1.29, 1.82) is 0 Å². The SMILES string of the molecule is CC(C)(C)c1ccc2c(c1)B1c3ccc(C(C)(C)C)cc3N(c3ccc(-c4cccc5c4-c4ccccc4C5(C)C)cc3)c3cc(C(C)(C)C)cc(c31)N2c1ccc(-c2cccc3c2-c2ccccc2C3(C)C)cc1. The summed E-state index contributed by atoms with van der Waals surface area (Å²) in [5.74, 6) is 0. The van der Waals surface area contributed by atoms with Crippen molar-refractivity contribution >= 4 is 57.2 Å². The van der Waals surface area contributed by atoms with Crippen molar-refractivity contribution in [2.45, 2.75) is 117 Å². The molecular weight excluding hydrogens is 904 g/mol. The molecule has 0 saturated heterocycles. The summed E-state index contributed by atoms with van der Waals surface area (Å²) in [5.41, 5.74) is 31.1. The second-order valence-electron chi connectivity index (χ2n) is 26.2. The van der Waals surface area contributed by atoms with Crippen molar-refractivity contribution in [2.24, 2.45) is 0 Å². The molecule has 2 heterocycles. The highest BCUT2D eigenvalue weighted by molar-refractivity contribution is 7.00. The zero-order valence-electron chi connectivity index (χ0n) is 46.3. The summed E-state index contributed by atoms with van der Waals surface area (Å²) >= 11 is 0. The molecule has 75 heavy (non-hydrogen) atoms. The molecule has 2 aliphatic carbocycles. The van der Waals surface area contributed by atoms with Gasteiger partial charge in [-0.15, -0.1) is 0 Å². The molecule has 13 rings (SSSR count). The van der Waals surface area contributed by atoms with E-state index in [2.05, 4.69) is 282 Å². The Balaban J connectivity index is 1.02. The average Bonchev–Trinajstić information content (AvgIpc) is 3.77. The summed E-state index contributed by atoms with van der Waals surface area (Å²) in [4.78, 5) is 5.21. The molecule has 3 heteroatoms. The second kappa shape index (κ2) is 16.1. The van der Waals surface area contributed by atoms with Crippen LogP contribution in [0, 0.1) is 0 Å². The molecule has 0 fully saturated rings. The minimum absolute atomic E-state index is 0.0158. The first-order valence-corrected chi connectivity index (χ1v) is 27.4. The zero-order chi connectivity index (χ0) is 52.3. The van der Waals surface area contributed by atoms with Gasteiger partial charge in [0.2, 0.25) is 0 Å². The first-order chi connectivity index (χ1) is 35.6. The van der Waals surface area contributed by atoms with E-state index in [1.54, 1.807) is 0 Å². The molecule has 0 saturated carbocycles. The van der Waals surface area contributed by atoms with Crippen LogP contribution in [0.25, 0.3) is 44.5 Å². The van der Waals surface area contributed by atoms with Crippen LogP contribution in [0.1, 0.15) is 129 Å². The Morgan fingerprint density at radius 1 is 0.333 bits per heavy atom. The van der Waals surface area contributed by atoms with Crippen LogP contribution < -0.4 is 26.2 Å². The minimum Gasteiger partial charge on any atom is -0.311 e. The highest BCUT2D eigenvalue weighted by Crippen LogP contribution is 2.55. The van der Waals surface area contributed by atoms with Crippen LogP contribution in [0.3, 0.4) is 0 Å². The second-order valence-corrected chi connectivity index (χ2v) is 26.2. The smallest absolute Gasteiger partial charge is 0.252 e. The fourth-order valence-corrected chi connectivity index (χ4v) is 13.5. The van der Waals surface area contributed by atoms with Crippen molar-refractivity contribution in [3.8, 4) is 44.5 Å². The van der Waals surface area contributed by atoms with Crippen LogP contribution in [0.2, 0.25) is 0 Å². The maximum Gasteiger partial charge on any atom is 0.252 e. The first kappa shape index (κ1) is 47.4.